The Morgan fingerprint density at radius 3 is 2.04 bits per heavy atom. The van der Waals surface area contributed by atoms with Crippen molar-refractivity contribution in [3.05, 3.63) is 65.0 Å². The number of methoxy groups -OCH3 is 1. The van der Waals surface area contributed by atoms with Crippen molar-refractivity contribution in [3.8, 4) is 17.0 Å². The number of rotatable bonds is 9. The van der Waals surface area contributed by atoms with Crippen LogP contribution in [0.15, 0.2) is 54.9 Å². The summed E-state index contributed by atoms with van der Waals surface area (Å²) in [4.78, 5) is 64.9. The Kier molecular flexibility index (Phi) is 11.8. The van der Waals surface area contributed by atoms with Crippen LogP contribution in [-0.2, 0) is 14.2 Å². The van der Waals surface area contributed by atoms with Gasteiger partial charge in [0.25, 0.3) is 5.69 Å². The van der Waals surface area contributed by atoms with Gasteiger partial charge < -0.3 is 28.7 Å². The number of amides is 2. The third-order valence-electron chi connectivity index (χ3n) is 7.60. The van der Waals surface area contributed by atoms with E-state index in [1.807, 2.05) is 12.1 Å². The van der Waals surface area contributed by atoms with E-state index in [-0.39, 0.29) is 41.8 Å². The largest absolute Gasteiger partial charge is 0.494 e. The molecule has 16 nitrogen and oxygen atoms in total. The van der Waals surface area contributed by atoms with E-state index in [0.29, 0.717) is 22.2 Å². The third-order valence-corrected chi connectivity index (χ3v) is 7.60. The number of anilines is 3. The van der Waals surface area contributed by atoms with Gasteiger partial charge in [-0.2, -0.15) is 0 Å². The minimum atomic E-state index is -0.979. The van der Waals surface area contributed by atoms with Crippen molar-refractivity contribution in [2.24, 2.45) is 0 Å². The monoisotopic (exact) mass is 747 g/mol. The number of carbonyl (C=O) groups is 3. The molecule has 0 saturated heterocycles. The first-order chi connectivity index (χ1) is 25.0. The summed E-state index contributed by atoms with van der Waals surface area (Å²) in [6.07, 6.45) is 0.970. The van der Waals surface area contributed by atoms with Crippen molar-refractivity contribution >= 4 is 52.2 Å². The highest BCUT2D eigenvalue weighted by Crippen LogP contribution is 2.43. The average molecular weight is 748 g/mol. The van der Waals surface area contributed by atoms with Crippen LogP contribution in [0.5, 0.6) is 5.75 Å². The van der Waals surface area contributed by atoms with Crippen LogP contribution in [0.25, 0.3) is 22.2 Å². The number of hydrogen-bond acceptors (Lipinski definition) is 12. The van der Waals surface area contributed by atoms with Crippen molar-refractivity contribution in [3.63, 3.8) is 0 Å². The Hall–Kier alpha value is -5.93. The first-order valence-corrected chi connectivity index (χ1v) is 17.2. The van der Waals surface area contributed by atoms with Crippen molar-refractivity contribution < 1.29 is 38.3 Å². The molecule has 0 fully saturated rings. The summed E-state index contributed by atoms with van der Waals surface area (Å²) in [6, 6.07) is 11.4. The molecule has 2 aromatic heterocycles. The molecule has 0 saturated carbocycles. The molecule has 0 bridgehead atoms. The fraction of sp³-hybridized carbons (Fsp3) is 0.447. The van der Waals surface area contributed by atoms with Crippen LogP contribution in [0.4, 0.5) is 37.4 Å². The van der Waals surface area contributed by atoms with E-state index in [0.717, 1.165) is 4.90 Å². The van der Waals surface area contributed by atoms with Gasteiger partial charge in [0.2, 0.25) is 5.95 Å². The Labute approximate surface area is 314 Å². The number of ether oxygens (including phenoxy) is 4. The molecule has 4 rings (SSSR count). The van der Waals surface area contributed by atoms with Gasteiger partial charge in [-0.15, -0.1) is 0 Å². The average Bonchev–Trinajstić information content (AvgIpc) is 3.45. The zero-order valence-electron chi connectivity index (χ0n) is 32.9. The quantitative estimate of drug-likeness (QED) is 0.0915. The predicted molar refractivity (Wildman–Crippen MR) is 205 cm³/mol. The van der Waals surface area contributed by atoms with Crippen molar-refractivity contribution in [2.45, 2.75) is 79.1 Å². The number of likely N-dealkylation sites (N-methyl/N-ethyl adjacent to an activating group) is 2. The fourth-order valence-electron chi connectivity index (χ4n) is 5.24. The molecule has 54 heavy (non-hydrogen) atoms. The van der Waals surface area contributed by atoms with Gasteiger partial charge >= 0.3 is 18.3 Å². The number of benzene rings is 2. The van der Waals surface area contributed by atoms with Gasteiger partial charge in [-0.25, -0.2) is 29.3 Å². The maximum Gasteiger partial charge on any atom is 0.422 e. The second-order valence-electron chi connectivity index (χ2n) is 15.6. The number of nitro groups is 1. The van der Waals surface area contributed by atoms with Crippen LogP contribution in [0.1, 0.15) is 62.3 Å². The van der Waals surface area contributed by atoms with E-state index >= 15 is 0 Å². The molecule has 0 N–H and O–H groups in total. The SMILES string of the molecule is COc1cc(N(C)CCN(C)C(=O)OC(C)(C)C)c([N+](=O)[O-])cc1N(C(=O)OC(C)(C)C)c1nccc(-c2cn(C(=O)OC(C)(C)C)c3ccccc23)n1. The van der Waals surface area contributed by atoms with Crippen molar-refractivity contribution in [1.29, 1.82) is 0 Å². The Balaban J connectivity index is 1.83. The smallest absolute Gasteiger partial charge is 0.422 e. The molecule has 0 unspecified atom stereocenters. The fourth-order valence-corrected chi connectivity index (χ4v) is 5.24. The van der Waals surface area contributed by atoms with E-state index in [2.05, 4.69) is 4.98 Å². The normalized spacial score (nSPS) is 11.9. The molecular formula is C38H49N7O9. The van der Waals surface area contributed by atoms with E-state index in [4.69, 9.17) is 23.9 Å². The minimum absolute atomic E-state index is 0.0604. The second-order valence-corrected chi connectivity index (χ2v) is 15.6. The molecular weight excluding hydrogens is 698 g/mol. The lowest BCUT2D eigenvalue weighted by Crippen LogP contribution is -2.38. The molecule has 290 valence electrons. The standard InChI is InChI=1S/C38H49N7O9/c1-36(2,3)52-33(46)42(11)20-19-41(10)28-22-31(51-12)30(21-29(28)45(49)50)44(35(48)54-38(7,8)9)32-39-18-17-26(40-32)25-23-43(34(47)53-37(4,5)6)27-16-14-13-15-24(25)27/h13-18,21-23H,19-20H2,1-12H3. The zero-order chi connectivity index (χ0) is 40.3. The van der Waals surface area contributed by atoms with Gasteiger partial charge in [-0.3, -0.25) is 14.7 Å². The van der Waals surface area contributed by atoms with E-state index in [1.54, 1.807) is 106 Å². The molecule has 2 aromatic carbocycles. The third kappa shape index (κ3) is 9.93. The summed E-state index contributed by atoms with van der Waals surface area (Å²) < 4.78 is 23.9. The number of nitrogens with zero attached hydrogens (tertiary/aromatic N) is 7. The highest BCUT2D eigenvalue weighted by molar-refractivity contribution is 6.01. The zero-order valence-corrected chi connectivity index (χ0v) is 32.9. The maximum absolute atomic E-state index is 14.0. The van der Waals surface area contributed by atoms with Gasteiger partial charge in [0.15, 0.2) is 0 Å². The van der Waals surface area contributed by atoms with Crippen LogP contribution < -0.4 is 14.5 Å². The van der Waals surface area contributed by atoms with Gasteiger partial charge in [-0.1, -0.05) is 18.2 Å². The van der Waals surface area contributed by atoms with Crippen LogP contribution in [0.3, 0.4) is 0 Å². The Morgan fingerprint density at radius 1 is 0.833 bits per heavy atom. The molecule has 0 aliphatic rings. The molecule has 0 aliphatic carbocycles. The minimum Gasteiger partial charge on any atom is -0.494 e. The molecule has 0 aliphatic heterocycles. The maximum atomic E-state index is 14.0. The summed E-state index contributed by atoms with van der Waals surface area (Å²) >= 11 is 0. The lowest BCUT2D eigenvalue weighted by molar-refractivity contribution is -0.384. The summed E-state index contributed by atoms with van der Waals surface area (Å²) in [5.74, 6) is -0.104. The summed E-state index contributed by atoms with van der Waals surface area (Å²) in [7, 11) is 4.57. The molecule has 0 atom stereocenters. The van der Waals surface area contributed by atoms with E-state index in [9.17, 15) is 24.5 Å². The van der Waals surface area contributed by atoms with E-state index < -0.39 is 40.0 Å². The molecule has 0 spiro atoms. The van der Waals surface area contributed by atoms with E-state index in [1.165, 1.54) is 34.9 Å². The lowest BCUT2D eigenvalue weighted by atomic mass is 10.1. The van der Waals surface area contributed by atoms with Crippen molar-refractivity contribution in [2.75, 3.05) is 44.1 Å². The summed E-state index contributed by atoms with van der Waals surface area (Å²) in [5.41, 5.74) is -1.24. The summed E-state index contributed by atoms with van der Waals surface area (Å²) in [5, 5.41) is 13.3. The Bertz CT molecular complexity index is 2040. The molecule has 16 heteroatoms. The Morgan fingerprint density at radius 2 is 1.44 bits per heavy atom. The second kappa shape index (κ2) is 15.6. The first-order valence-electron chi connectivity index (χ1n) is 17.2. The van der Waals surface area contributed by atoms with Gasteiger partial charge in [0.05, 0.1) is 23.2 Å². The van der Waals surface area contributed by atoms with Crippen LogP contribution >= 0.6 is 0 Å². The highest BCUT2D eigenvalue weighted by atomic mass is 16.6. The van der Waals surface area contributed by atoms with Crippen LogP contribution in [0.2, 0.25) is 0 Å². The number of carbonyl (C=O) groups excluding carboxylic acids is 3. The van der Waals surface area contributed by atoms with Gasteiger partial charge in [0.1, 0.15) is 33.9 Å². The molecule has 2 amide bonds. The van der Waals surface area contributed by atoms with Crippen molar-refractivity contribution in [1.82, 2.24) is 19.4 Å². The predicted octanol–water partition coefficient (Wildman–Crippen LogP) is 8.17. The number of nitro benzene ring substituents is 1. The molecule has 2 heterocycles. The number of fused-ring (bicyclic) bond motifs is 1. The number of aromatic nitrogens is 3. The van der Waals surface area contributed by atoms with Gasteiger partial charge in [-0.05, 0) is 74.4 Å². The molecule has 0 radical (unpaired) electrons. The first kappa shape index (κ1) is 40.8. The summed E-state index contributed by atoms with van der Waals surface area (Å²) in [6.45, 7) is 16.0. The highest BCUT2D eigenvalue weighted by Gasteiger charge is 2.33. The van der Waals surface area contributed by atoms with Crippen LogP contribution in [-0.4, -0.2) is 93.7 Å². The lowest BCUT2D eigenvalue weighted by Gasteiger charge is -2.29. The number of para-hydroxylation sites is 1. The number of hydrogen-bond donors (Lipinski definition) is 0. The van der Waals surface area contributed by atoms with Crippen LogP contribution in [0, 0.1) is 10.1 Å². The topological polar surface area (TPSA) is 172 Å². The van der Waals surface area contributed by atoms with Gasteiger partial charge in [0, 0.05) is 62.7 Å². The molecule has 4 aromatic rings.